The maximum absolute atomic E-state index is 11.6. The molecule has 1 aromatic heterocycles. The van der Waals surface area contributed by atoms with Crippen LogP contribution in [0.4, 0.5) is 9.93 Å². The van der Waals surface area contributed by atoms with Crippen LogP contribution in [0.25, 0.3) is 0 Å². The van der Waals surface area contributed by atoms with Gasteiger partial charge in [-0.05, 0) is 6.92 Å². The molecule has 1 saturated heterocycles. The lowest BCUT2D eigenvalue weighted by molar-refractivity contribution is -0.124. The second-order valence-electron chi connectivity index (χ2n) is 3.56. The number of hydrogen-bond acceptors (Lipinski definition) is 5. The van der Waals surface area contributed by atoms with Gasteiger partial charge in [0.2, 0.25) is 5.91 Å². The topological polar surface area (TPSA) is 100 Å². The molecule has 4 amide bonds. The van der Waals surface area contributed by atoms with E-state index in [9.17, 15) is 14.4 Å². The summed E-state index contributed by atoms with van der Waals surface area (Å²) in [6.07, 6.45) is -0.101. The van der Waals surface area contributed by atoms with E-state index >= 15 is 0 Å². The van der Waals surface area contributed by atoms with Crippen molar-refractivity contribution in [2.24, 2.45) is 0 Å². The van der Waals surface area contributed by atoms with Crippen molar-refractivity contribution in [2.45, 2.75) is 19.4 Å². The van der Waals surface area contributed by atoms with E-state index in [0.29, 0.717) is 5.13 Å². The Morgan fingerprint density at radius 1 is 1.59 bits per heavy atom. The van der Waals surface area contributed by atoms with Crippen LogP contribution in [0.5, 0.6) is 0 Å². The van der Waals surface area contributed by atoms with Gasteiger partial charge in [0, 0.05) is 5.38 Å². The third-order valence-corrected chi connectivity index (χ3v) is 2.99. The highest BCUT2D eigenvalue weighted by Crippen LogP contribution is 2.14. The summed E-state index contributed by atoms with van der Waals surface area (Å²) in [5.41, 5.74) is 0.817. The number of nitrogens with zero attached hydrogens (tertiary/aromatic N) is 1. The Kier molecular flexibility index (Phi) is 3.05. The number of amides is 4. The Hall–Kier alpha value is -1.96. The predicted molar refractivity (Wildman–Crippen MR) is 60.6 cm³/mol. The SMILES string of the molecule is Cc1csc(NC(=O)C[C@@H]2NC(=O)NC2=O)n1. The number of thiazole rings is 1. The first kappa shape index (κ1) is 11.5. The minimum absolute atomic E-state index is 0.101. The molecular formula is C9H10N4O3S. The van der Waals surface area contributed by atoms with Crippen molar-refractivity contribution in [3.8, 4) is 0 Å². The molecule has 2 rings (SSSR count). The molecule has 1 aliphatic heterocycles. The first-order chi connectivity index (χ1) is 8.04. The van der Waals surface area contributed by atoms with Gasteiger partial charge in [-0.1, -0.05) is 0 Å². The standard InChI is InChI=1S/C9H10N4O3S/c1-4-3-17-9(10-4)12-6(14)2-5-7(15)13-8(16)11-5/h3,5H,2H2,1H3,(H,10,12,14)(H2,11,13,15,16)/t5-/m0/s1. The van der Waals surface area contributed by atoms with Crippen molar-refractivity contribution in [3.05, 3.63) is 11.1 Å². The molecule has 0 saturated carbocycles. The van der Waals surface area contributed by atoms with Crippen molar-refractivity contribution in [3.63, 3.8) is 0 Å². The molecule has 2 heterocycles. The van der Waals surface area contributed by atoms with Gasteiger partial charge in [0.05, 0.1) is 12.1 Å². The van der Waals surface area contributed by atoms with Crippen LogP contribution in [0, 0.1) is 6.92 Å². The van der Waals surface area contributed by atoms with Crippen molar-refractivity contribution < 1.29 is 14.4 Å². The first-order valence-corrected chi connectivity index (χ1v) is 5.76. The average Bonchev–Trinajstić information content (AvgIpc) is 2.74. The highest BCUT2D eigenvalue weighted by atomic mass is 32.1. The lowest BCUT2D eigenvalue weighted by Gasteiger charge is -2.05. The fourth-order valence-corrected chi connectivity index (χ4v) is 2.07. The molecule has 1 aliphatic rings. The van der Waals surface area contributed by atoms with Crippen LogP contribution >= 0.6 is 11.3 Å². The van der Waals surface area contributed by atoms with E-state index in [4.69, 9.17) is 0 Å². The number of carbonyl (C=O) groups excluding carboxylic acids is 3. The number of anilines is 1. The smallest absolute Gasteiger partial charge is 0.322 e. The molecule has 3 N–H and O–H groups in total. The molecular weight excluding hydrogens is 244 g/mol. The summed E-state index contributed by atoms with van der Waals surface area (Å²) in [6.45, 7) is 1.82. The monoisotopic (exact) mass is 254 g/mol. The summed E-state index contributed by atoms with van der Waals surface area (Å²) in [6, 6.07) is -1.37. The van der Waals surface area contributed by atoms with Gasteiger partial charge in [0.25, 0.3) is 5.91 Å². The molecule has 1 aromatic rings. The summed E-state index contributed by atoms with van der Waals surface area (Å²) in [7, 11) is 0. The van der Waals surface area contributed by atoms with Crippen molar-refractivity contribution in [2.75, 3.05) is 5.32 Å². The van der Waals surface area contributed by atoms with E-state index in [2.05, 4.69) is 20.9 Å². The predicted octanol–water partition coefficient (Wildman–Crippen LogP) is -0.0119. The van der Waals surface area contributed by atoms with Gasteiger partial charge in [-0.3, -0.25) is 14.9 Å². The quantitative estimate of drug-likeness (QED) is 0.660. The Bertz CT molecular complexity index is 484. The average molecular weight is 254 g/mol. The van der Waals surface area contributed by atoms with Gasteiger partial charge in [-0.15, -0.1) is 11.3 Å². The number of nitrogens with one attached hydrogen (secondary N) is 3. The summed E-state index contributed by atoms with van der Waals surface area (Å²) >= 11 is 1.31. The normalized spacial score (nSPS) is 18.8. The molecule has 7 nitrogen and oxygen atoms in total. The maximum Gasteiger partial charge on any atom is 0.322 e. The van der Waals surface area contributed by atoms with Crippen LogP contribution in [0.2, 0.25) is 0 Å². The fraction of sp³-hybridized carbons (Fsp3) is 0.333. The lowest BCUT2D eigenvalue weighted by atomic mass is 10.2. The lowest BCUT2D eigenvalue weighted by Crippen LogP contribution is -2.33. The van der Waals surface area contributed by atoms with Crippen LogP contribution in [0.15, 0.2) is 5.38 Å². The van der Waals surface area contributed by atoms with Gasteiger partial charge in [0.15, 0.2) is 5.13 Å². The number of carbonyl (C=O) groups is 3. The summed E-state index contributed by atoms with van der Waals surface area (Å²) in [5.74, 6) is -0.845. The molecule has 0 unspecified atom stereocenters. The van der Waals surface area contributed by atoms with Crippen LogP contribution in [-0.2, 0) is 9.59 Å². The Morgan fingerprint density at radius 2 is 2.35 bits per heavy atom. The van der Waals surface area contributed by atoms with Crippen LogP contribution in [0.1, 0.15) is 12.1 Å². The van der Waals surface area contributed by atoms with Crippen molar-refractivity contribution >= 4 is 34.3 Å². The molecule has 1 atom stereocenters. The molecule has 1 fully saturated rings. The van der Waals surface area contributed by atoms with Crippen molar-refractivity contribution in [1.29, 1.82) is 0 Å². The van der Waals surface area contributed by atoms with Gasteiger partial charge < -0.3 is 10.6 Å². The maximum atomic E-state index is 11.6. The number of rotatable bonds is 3. The van der Waals surface area contributed by atoms with E-state index in [-0.39, 0.29) is 12.3 Å². The van der Waals surface area contributed by atoms with Crippen LogP contribution in [0.3, 0.4) is 0 Å². The van der Waals surface area contributed by atoms with Gasteiger partial charge >= 0.3 is 6.03 Å². The summed E-state index contributed by atoms with van der Waals surface area (Å²) in [4.78, 5) is 37.6. The first-order valence-electron chi connectivity index (χ1n) is 4.88. The number of hydrogen-bond donors (Lipinski definition) is 3. The number of imide groups is 1. The third-order valence-electron chi connectivity index (χ3n) is 2.11. The largest absolute Gasteiger partial charge is 0.325 e. The molecule has 17 heavy (non-hydrogen) atoms. The molecule has 90 valence electrons. The van der Waals surface area contributed by atoms with Gasteiger partial charge in [-0.25, -0.2) is 9.78 Å². The van der Waals surface area contributed by atoms with E-state index in [1.165, 1.54) is 11.3 Å². The molecule has 0 aromatic carbocycles. The van der Waals surface area contributed by atoms with Gasteiger partial charge in [0.1, 0.15) is 6.04 Å². The minimum atomic E-state index is -0.802. The fourth-order valence-electron chi connectivity index (χ4n) is 1.37. The Labute approximate surface area is 101 Å². The zero-order chi connectivity index (χ0) is 12.4. The molecule has 0 aliphatic carbocycles. The minimum Gasteiger partial charge on any atom is -0.325 e. The third kappa shape index (κ3) is 2.78. The van der Waals surface area contributed by atoms with E-state index < -0.39 is 18.0 Å². The molecule has 0 spiro atoms. The van der Waals surface area contributed by atoms with Crippen LogP contribution in [-0.4, -0.2) is 28.9 Å². The summed E-state index contributed by atoms with van der Waals surface area (Å²) in [5, 5.41) is 9.26. The molecule has 0 bridgehead atoms. The number of aromatic nitrogens is 1. The van der Waals surface area contributed by atoms with E-state index in [0.717, 1.165) is 5.69 Å². The number of urea groups is 1. The van der Waals surface area contributed by atoms with Crippen molar-refractivity contribution in [1.82, 2.24) is 15.6 Å². The van der Waals surface area contributed by atoms with Crippen LogP contribution < -0.4 is 16.0 Å². The van der Waals surface area contributed by atoms with E-state index in [1.54, 1.807) is 5.38 Å². The zero-order valence-corrected chi connectivity index (χ0v) is 9.76. The highest BCUT2D eigenvalue weighted by molar-refractivity contribution is 7.13. The Morgan fingerprint density at radius 3 is 2.88 bits per heavy atom. The summed E-state index contributed by atoms with van der Waals surface area (Å²) < 4.78 is 0. The highest BCUT2D eigenvalue weighted by Gasteiger charge is 2.31. The Balaban J connectivity index is 1.89. The number of aryl methyl sites for hydroxylation is 1. The van der Waals surface area contributed by atoms with Gasteiger partial charge in [-0.2, -0.15) is 0 Å². The van der Waals surface area contributed by atoms with E-state index in [1.807, 2.05) is 6.92 Å². The molecule has 0 radical (unpaired) electrons. The second kappa shape index (κ2) is 4.50. The second-order valence-corrected chi connectivity index (χ2v) is 4.42. The molecule has 8 heteroatoms. The zero-order valence-electron chi connectivity index (χ0n) is 8.94.